The zero-order valence-electron chi connectivity index (χ0n) is 12.7. The molecule has 5 heteroatoms. The summed E-state index contributed by atoms with van der Waals surface area (Å²) in [6.07, 6.45) is 4.21. The van der Waals surface area contributed by atoms with E-state index in [0.717, 1.165) is 36.8 Å². The Morgan fingerprint density at radius 1 is 1.38 bits per heavy atom. The van der Waals surface area contributed by atoms with Gasteiger partial charge in [-0.15, -0.1) is 0 Å². The third-order valence-corrected chi connectivity index (χ3v) is 4.11. The molecule has 0 spiro atoms. The Bertz CT molecular complexity index is 548. The molecular weight excluding hydrogens is 266 g/mol. The van der Waals surface area contributed by atoms with Crippen LogP contribution in [-0.4, -0.2) is 34.4 Å². The lowest BCUT2D eigenvalue weighted by Gasteiger charge is -2.29. The normalized spacial score (nSPS) is 16.2. The summed E-state index contributed by atoms with van der Waals surface area (Å²) >= 11 is 0. The molecular formula is C16H23N3O2. The first-order chi connectivity index (χ1) is 10.0. The van der Waals surface area contributed by atoms with E-state index in [4.69, 9.17) is 10.9 Å². The molecule has 1 fully saturated rings. The summed E-state index contributed by atoms with van der Waals surface area (Å²) in [7, 11) is 0. The smallest absolute Gasteiger partial charge is 0.254 e. The topological polar surface area (TPSA) is 78.9 Å². The quantitative estimate of drug-likeness (QED) is 0.387. The lowest BCUT2D eigenvalue weighted by Crippen LogP contribution is -2.44. The molecule has 0 bridgehead atoms. The number of benzene rings is 1. The highest BCUT2D eigenvalue weighted by Crippen LogP contribution is 2.25. The predicted molar refractivity (Wildman–Crippen MR) is 82.6 cm³/mol. The zero-order chi connectivity index (χ0) is 15.4. The van der Waals surface area contributed by atoms with Crippen molar-refractivity contribution in [1.29, 1.82) is 0 Å². The van der Waals surface area contributed by atoms with Crippen LogP contribution in [0.25, 0.3) is 0 Å². The summed E-state index contributed by atoms with van der Waals surface area (Å²) in [4.78, 5) is 14.6. The summed E-state index contributed by atoms with van der Waals surface area (Å²) < 4.78 is 0. The van der Waals surface area contributed by atoms with Crippen molar-refractivity contribution in [3.8, 4) is 0 Å². The van der Waals surface area contributed by atoms with Gasteiger partial charge in [0.25, 0.3) is 5.91 Å². The van der Waals surface area contributed by atoms with Gasteiger partial charge in [0.05, 0.1) is 6.54 Å². The number of oxime groups is 1. The van der Waals surface area contributed by atoms with Gasteiger partial charge < -0.3 is 15.8 Å². The number of aryl methyl sites for hydroxylation is 2. The van der Waals surface area contributed by atoms with Crippen molar-refractivity contribution in [2.45, 2.75) is 45.6 Å². The van der Waals surface area contributed by atoms with E-state index in [9.17, 15) is 4.79 Å². The van der Waals surface area contributed by atoms with Gasteiger partial charge >= 0.3 is 0 Å². The Kier molecular flexibility index (Phi) is 4.83. The van der Waals surface area contributed by atoms with Gasteiger partial charge in [-0.3, -0.25) is 4.79 Å². The lowest BCUT2D eigenvalue weighted by molar-refractivity contribution is 0.0711. The largest absolute Gasteiger partial charge is 0.409 e. The van der Waals surface area contributed by atoms with Crippen molar-refractivity contribution in [1.82, 2.24) is 4.90 Å². The molecule has 0 aliphatic heterocycles. The van der Waals surface area contributed by atoms with Gasteiger partial charge in [0.1, 0.15) is 0 Å². The molecule has 0 atom stereocenters. The first kappa shape index (κ1) is 15.4. The Labute approximate surface area is 125 Å². The molecule has 1 saturated carbocycles. The molecule has 0 radical (unpaired) electrons. The molecule has 1 aromatic carbocycles. The van der Waals surface area contributed by atoms with Gasteiger partial charge in [-0.1, -0.05) is 35.7 Å². The number of rotatable bonds is 4. The average Bonchev–Trinajstić information content (AvgIpc) is 3.00. The number of nitrogens with two attached hydrogens (primary N) is 1. The minimum atomic E-state index is -0.0327. The number of hydrogen-bond acceptors (Lipinski definition) is 3. The van der Waals surface area contributed by atoms with E-state index in [1.165, 1.54) is 0 Å². The van der Waals surface area contributed by atoms with Gasteiger partial charge in [-0.05, 0) is 38.3 Å². The standard InChI is InChI=1S/C16H23N3O2/c1-11-7-8-12(2)14(9-11)16(20)19(10-15(17)18-21)13-5-3-4-6-13/h7-9,13,21H,3-6,10H2,1-2H3,(H2,17,18). The maximum Gasteiger partial charge on any atom is 0.254 e. The van der Waals surface area contributed by atoms with E-state index in [2.05, 4.69) is 5.16 Å². The molecule has 21 heavy (non-hydrogen) atoms. The zero-order valence-corrected chi connectivity index (χ0v) is 12.7. The predicted octanol–water partition coefficient (Wildman–Crippen LogP) is 2.43. The molecule has 0 aromatic heterocycles. The number of carbonyl (C=O) groups is 1. The van der Waals surface area contributed by atoms with Crippen LogP contribution in [-0.2, 0) is 0 Å². The van der Waals surface area contributed by atoms with Crippen molar-refractivity contribution in [2.75, 3.05) is 6.54 Å². The van der Waals surface area contributed by atoms with Crippen molar-refractivity contribution < 1.29 is 10.0 Å². The van der Waals surface area contributed by atoms with Crippen LogP contribution in [0.15, 0.2) is 23.4 Å². The Morgan fingerprint density at radius 2 is 2.05 bits per heavy atom. The van der Waals surface area contributed by atoms with E-state index in [1.807, 2.05) is 32.0 Å². The van der Waals surface area contributed by atoms with E-state index in [-0.39, 0.29) is 24.3 Å². The van der Waals surface area contributed by atoms with Crippen LogP contribution in [0.3, 0.4) is 0 Å². The van der Waals surface area contributed by atoms with Crippen molar-refractivity contribution in [3.63, 3.8) is 0 Å². The molecule has 1 amide bonds. The molecule has 1 aromatic rings. The number of amides is 1. The molecule has 0 unspecified atom stereocenters. The minimum absolute atomic E-state index is 0.0327. The number of amidine groups is 1. The average molecular weight is 289 g/mol. The van der Waals surface area contributed by atoms with Gasteiger partial charge in [0.2, 0.25) is 0 Å². The van der Waals surface area contributed by atoms with Crippen LogP contribution in [0.2, 0.25) is 0 Å². The molecule has 5 nitrogen and oxygen atoms in total. The summed E-state index contributed by atoms with van der Waals surface area (Å²) in [5.41, 5.74) is 8.34. The molecule has 114 valence electrons. The fraction of sp³-hybridized carbons (Fsp3) is 0.500. The maximum absolute atomic E-state index is 12.9. The first-order valence-corrected chi connectivity index (χ1v) is 7.37. The first-order valence-electron chi connectivity index (χ1n) is 7.37. The third-order valence-electron chi connectivity index (χ3n) is 4.11. The van der Waals surface area contributed by atoms with Crippen LogP contribution in [0.4, 0.5) is 0 Å². The minimum Gasteiger partial charge on any atom is -0.409 e. The maximum atomic E-state index is 12.9. The summed E-state index contributed by atoms with van der Waals surface area (Å²) in [5.74, 6) is 0.0373. The summed E-state index contributed by atoms with van der Waals surface area (Å²) in [6.45, 7) is 4.08. The highest BCUT2D eigenvalue weighted by molar-refractivity contribution is 5.98. The number of carbonyl (C=O) groups excluding carboxylic acids is 1. The Balaban J connectivity index is 2.30. The Morgan fingerprint density at radius 3 is 2.67 bits per heavy atom. The molecule has 0 saturated heterocycles. The highest BCUT2D eigenvalue weighted by Gasteiger charge is 2.28. The fourth-order valence-electron chi connectivity index (χ4n) is 2.91. The molecule has 2 rings (SSSR count). The monoisotopic (exact) mass is 289 g/mol. The fourth-order valence-corrected chi connectivity index (χ4v) is 2.91. The van der Waals surface area contributed by atoms with Gasteiger partial charge in [0, 0.05) is 11.6 Å². The second-order valence-corrected chi connectivity index (χ2v) is 5.78. The molecule has 0 heterocycles. The summed E-state index contributed by atoms with van der Waals surface area (Å²) in [6, 6.07) is 6.04. The molecule has 3 N–H and O–H groups in total. The van der Waals surface area contributed by atoms with Gasteiger partial charge in [-0.25, -0.2) is 0 Å². The van der Waals surface area contributed by atoms with E-state index < -0.39 is 0 Å². The second-order valence-electron chi connectivity index (χ2n) is 5.78. The van der Waals surface area contributed by atoms with E-state index in [1.54, 1.807) is 4.90 Å². The van der Waals surface area contributed by atoms with Crippen LogP contribution < -0.4 is 5.73 Å². The SMILES string of the molecule is Cc1ccc(C)c(C(=O)N(CC(N)=NO)C2CCCC2)c1. The van der Waals surface area contributed by atoms with Crippen LogP contribution >= 0.6 is 0 Å². The summed E-state index contributed by atoms with van der Waals surface area (Å²) in [5, 5.41) is 11.8. The van der Waals surface area contributed by atoms with E-state index in [0.29, 0.717) is 5.56 Å². The van der Waals surface area contributed by atoms with Gasteiger partial charge in [-0.2, -0.15) is 0 Å². The van der Waals surface area contributed by atoms with Crippen molar-refractivity contribution in [2.24, 2.45) is 10.9 Å². The Hall–Kier alpha value is -2.04. The van der Waals surface area contributed by atoms with Crippen molar-refractivity contribution >= 4 is 11.7 Å². The lowest BCUT2D eigenvalue weighted by atomic mass is 10.0. The number of hydrogen-bond donors (Lipinski definition) is 2. The molecule has 1 aliphatic carbocycles. The van der Waals surface area contributed by atoms with Crippen molar-refractivity contribution in [3.05, 3.63) is 34.9 Å². The van der Waals surface area contributed by atoms with E-state index >= 15 is 0 Å². The van der Waals surface area contributed by atoms with Crippen LogP contribution in [0, 0.1) is 13.8 Å². The third kappa shape index (κ3) is 3.54. The van der Waals surface area contributed by atoms with Gasteiger partial charge in [0.15, 0.2) is 5.84 Å². The van der Waals surface area contributed by atoms with Crippen LogP contribution in [0.1, 0.15) is 47.2 Å². The number of nitrogens with zero attached hydrogens (tertiary/aromatic N) is 2. The molecule has 1 aliphatic rings. The van der Waals surface area contributed by atoms with Crippen LogP contribution in [0.5, 0.6) is 0 Å². The highest BCUT2D eigenvalue weighted by atomic mass is 16.4. The second kappa shape index (κ2) is 6.61.